The maximum absolute atomic E-state index is 4.69. The smallest absolute Gasteiger partial charge is 0.177 e. The second-order valence-electron chi connectivity index (χ2n) is 5.05. The molecule has 4 aromatic heterocycles. The normalized spacial score (nSPS) is 11.3. The van der Waals surface area contributed by atoms with Crippen LogP contribution in [0.25, 0.3) is 22.7 Å². The van der Waals surface area contributed by atoms with Crippen molar-refractivity contribution >= 4 is 11.2 Å². The molecule has 7 nitrogen and oxygen atoms in total. The number of nitrogens with one attached hydrogen (secondary N) is 1. The molecule has 110 valence electrons. The lowest BCUT2D eigenvalue weighted by molar-refractivity contribution is 0.703. The van der Waals surface area contributed by atoms with Crippen molar-refractivity contribution in [3.05, 3.63) is 48.8 Å². The third-order valence-corrected chi connectivity index (χ3v) is 3.66. The maximum atomic E-state index is 4.69. The second-order valence-corrected chi connectivity index (χ2v) is 5.05. The van der Waals surface area contributed by atoms with Gasteiger partial charge in [-0.15, -0.1) is 0 Å². The lowest BCUT2D eigenvalue weighted by atomic mass is 10.3. The number of aryl methyl sites for hydroxylation is 1. The average molecular weight is 293 g/mol. The van der Waals surface area contributed by atoms with Gasteiger partial charge in [-0.2, -0.15) is 5.10 Å². The van der Waals surface area contributed by atoms with Gasteiger partial charge in [0.1, 0.15) is 11.2 Å². The van der Waals surface area contributed by atoms with E-state index in [0.29, 0.717) is 6.54 Å². The van der Waals surface area contributed by atoms with E-state index < -0.39 is 0 Å². The van der Waals surface area contributed by atoms with Crippen LogP contribution in [0.1, 0.15) is 12.5 Å². The minimum Gasteiger partial charge on any atom is -0.334 e. The number of pyridine rings is 1. The van der Waals surface area contributed by atoms with Gasteiger partial charge in [-0.05, 0) is 24.6 Å². The second kappa shape index (κ2) is 5.10. The van der Waals surface area contributed by atoms with Gasteiger partial charge >= 0.3 is 0 Å². The molecule has 4 rings (SSSR count). The van der Waals surface area contributed by atoms with Crippen LogP contribution in [-0.4, -0.2) is 34.3 Å². The Balaban J connectivity index is 1.73. The van der Waals surface area contributed by atoms with Crippen molar-refractivity contribution < 1.29 is 0 Å². The number of hydrogen-bond acceptors (Lipinski definition) is 4. The molecule has 4 heterocycles. The minimum absolute atomic E-state index is 0.670. The molecule has 0 bridgehead atoms. The van der Waals surface area contributed by atoms with Crippen molar-refractivity contribution in [1.29, 1.82) is 0 Å². The number of aromatic amines is 1. The molecule has 0 aliphatic carbocycles. The first-order valence-electron chi connectivity index (χ1n) is 7.16. The number of hydrogen-bond donors (Lipinski definition) is 1. The largest absolute Gasteiger partial charge is 0.334 e. The molecule has 0 atom stereocenters. The zero-order valence-electron chi connectivity index (χ0n) is 12.1. The summed E-state index contributed by atoms with van der Waals surface area (Å²) >= 11 is 0. The summed E-state index contributed by atoms with van der Waals surface area (Å²) in [6.45, 7) is 3.61. The van der Waals surface area contributed by atoms with Crippen molar-refractivity contribution in [3.63, 3.8) is 0 Å². The van der Waals surface area contributed by atoms with Crippen LogP contribution in [0, 0.1) is 0 Å². The molecule has 0 aromatic carbocycles. The highest BCUT2D eigenvalue weighted by molar-refractivity contribution is 5.75. The minimum atomic E-state index is 0.670. The van der Waals surface area contributed by atoms with Crippen molar-refractivity contribution in [3.8, 4) is 11.5 Å². The number of imidazole rings is 2. The van der Waals surface area contributed by atoms with Gasteiger partial charge in [0.2, 0.25) is 0 Å². The van der Waals surface area contributed by atoms with Crippen LogP contribution in [0.5, 0.6) is 0 Å². The number of H-pyrrole nitrogens is 1. The SMILES string of the molecule is CCn1cncc1-c1nc2c(cnn2Cc2ccncc2)[nH]1. The van der Waals surface area contributed by atoms with Crippen molar-refractivity contribution in [1.82, 2.24) is 34.3 Å². The predicted octanol–water partition coefficient (Wildman–Crippen LogP) is 2.09. The van der Waals surface area contributed by atoms with E-state index in [1.54, 1.807) is 18.6 Å². The van der Waals surface area contributed by atoms with Crippen LogP contribution >= 0.6 is 0 Å². The van der Waals surface area contributed by atoms with E-state index in [4.69, 9.17) is 0 Å². The molecule has 0 fully saturated rings. The molecule has 1 N–H and O–H groups in total. The van der Waals surface area contributed by atoms with Gasteiger partial charge in [-0.3, -0.25) is 4.98 Å². The van der Waals surface area contributed by atoms with Crippen LogP contribution in [0.2, 0.25) is 0 Å². The van der Waals surface area contributed by atoms with Gasteiger partial charge < -0.3 is 9.55 Å². The zero-order valence-corrected chi connectivity index (χ0v) is 12.1. The summed E-state index contributed by atoms with van der Waals surface area (Å²) in [4.78, 5) is 16.2. The van der Waals surface area contributed by atoms with Gasteiger partial charge in [0.25, 0.3) is 0 Å². The first-order chi connectivity index (χ1) is 10.8. The Labute approximate surface area is 126 Å². The molecule has 0 aliphatic heterocycles. The molecular weight excluding hydrogens is 278 g/mol. The Bertz CT molecular complexity index is 900. The van der Waals surface area contributed by atoms with Crippen LogP contribution < -0.4 is 0 Å². The van der Waals surface area contributed by atoms with Crippen LogP contribution in [0.3, 0.4) is 0 Å². The number of rotatable bonds is 4. The molecule has 0 unspecified atom stereocenters. The third kappa shape index (κ3) is 2.07. The summed E-state index contributed by atoms with van der Waals surface area (Å²) in [6.07, 6.45) is 9.00. The monoisotopic (exact) mass is 293 g/mol. The topological polar surface area (TPSA) is 77.2 Å². The van der Waals surface area contributed by atoms with Gasteiger partial charge in [-0.1, -0.05) is 0 Å². The molecule has 0 saturated carbocycles. The zero-order chi connectivity index (χ0) is 14.9. The first kappa shape index (κ1) is 12.8. The fourth-order valence-corrected chi connectivity index (χ4v) is 2.51. The first-order valence-corrected chi connectivity index (χ1v) is 7.16. The van der Waals surface area contributed by atoms with Gasteiger partial charge in [0.15, 0.2) is 11.5 Å². The molecule has 4 aromatic rings. The van der Waals surface area contributed by atoms with E-state index in [-0.39, 0.29) is 0 Å². The molecule has 0 saturated heterocycles. The van der Waals surface area contributed by atoms with E-state index in [1.165, 1.54) is 0 Å². The Morgan fingerprint density at radius 3 is 2.82 bits per heavy atom. The highest BCUT2D eigenvalue weighted by Crippen LogP contribution is 2.20. The Kier molecular flexibility index (Phi) is 2.96. The van der Waals surface area contributed by atoms with Crippen LogP contribution in [0.15, 0.2) is 43.2 Å². The fourth-order valence-electron chi connectivity index (χ4n) is 2.51. The van der Waals surface area contributed by atoms with Crippen molar-refractivity contribution in [2.45, 2.75) is 20.0 Å². The van der Waals surface area contributed by atoms with E-state index in [2.05, 4.69) is 36.5 Å². The quantitative estimate of drug-likeness (QED) is 0.625. The lowest BCUT2D eigenvalue weighted by Crippen LogP contribution is -2.02. The van der Waals surface area contributed by atoms with Crippen molar-refractivity contribution in [2.75, 3.05) is 0 Å². The standard InChI is InChI=1S/C15H15N7/c1-2-21-10-17-8-13(21)14-19-12-7-18-22(15(12)20-14)9-11-3-5-16-6-4-11/h3-8,10H,2,9H2,1H3,(H,19,20). The number of fused-ring (bicyclic) bond motifs is 1. The molecule has 0 radical (unpaired) electrons. The van der Waals surface area contributed by atoms with Gasteiger partial charge in [-0.25, -0.2) is 14.6 Å². The maximum Gasteiger partial charge on any atom is 0.177 e. The predicted molar refractivity (Wildman–Crippen MR) is 82.1 cm³/mol. The molecule has 0 spiro atoms. The Hall–Kier alpha value is -2.96. The van der Waals surface area contributed by atoms with E-state index in [0.717, 1.165) is 34.8 Å². The number of aromatic nitrogens is 7. The summed E-state index contributed by atoms with van der Waals surface area (Å²) in [6, 6.07) is 3.96. The van der Waals surface area contributed by atoms with E-state index in [9.17, 15) is 0 Å². The average Bonchev–Trinajstić information content (AvgIpc) is 3.24. The number of nitrogens with zero attached hydrogens (tertiary/aromatic N) is 6. The van der Waals surface area contributed by atoms with E-state index in [1.807, 2.05) is 29.3 Å². The summed E-state index contributed by atoms with van der Waals surface area (Å²) in [5.41, 5.74) is 3.89. The lowest BCUT2D eigenvalue weighted by Gasteiger charge is -2.02. The highest BCUT2D eigenvalue weighted by Gasteiger charge is 2.13. The van der Waals surface area contributed by atoms with E-state index >= 15 is 0 Å². The fraction of sp³-hybridized carbons (Fsp3) is 0.200. The van der Waals surface area contributed by atoms with Gasteiger partial charge in [0, 0.05) is 18.9 Å². The molecular formula is C15H15N7. The van der Waals surface area contributed by atoms with Gasteiger partial charge in [0.05, 0.1) is 25.3 Å². The molecule has 0 amide bonds. The van der Waals surface area contributed by atoms with Crippen LogP contribution in [-0.2, 0) is 13.1 Å². The summed E-state index contributed by atoms with van der Waals surface area (Å²) in [7, 11) is 0. The Morgan fingerprint density at radius 2 is 2.00 bits per heavy atom. The van der Waals surface area contributed by atoms with Crippen LogP contribution in [0.4, 0.5) is 0 Å². The van der Waals surface area contributed by atoms with Crippen molar-refractivity contribution in [2.24, 2.45) is 0 Å². The molecule has 7 heteroatoms. The summed E-state index contributed by atoms with van der Waals surface area (Å²) in [5.74, 6) is 0.815. The summed E-state index contributed by atoms with van der Waals surface area (Å²) < 4.78 is 3.94. The Morgan fingerprint density at radius 1 is 1.14 bits per heavy atom. The highest BCUT2D eigenvalue weighted by atomic mass is 15.3. The summed E-state index contributed by atoms with van der Waals surface area (Å²) in [5, 5.41) is 4.40. The third-order valence-electron chi connectivity index (χ3n) is 3.66. The molecule has 22 heavy (non-hydrogen) atoms. The molecule has 0 aliphatic rings.